The molecule has 0 radical (unpaired) electrons. The summed E-state index contributed by atoms with van der Waals surface area (Å²) >= 11 is 0. The molecule has 3 heteroatoms. The van der Waals surface area contributed by atoms with Crippen LogP contribution >= 0.6 is 0 Å². The van der Waals surface area contributed by atoms with Gasteiger partial charge in [-0.1, -0.05) is 40.0 Å². The summed E-state index contributed by atoms with van der Waals surface area (Å²) in [4.78, 5) is 11.9. The number of unbranched alkanes of at least 4 members (excludes halogenated alkanes) is 3. The molecule has 0 bridgehead atoms. The highest BCUT2D eigenvalue weighted by molar-refractivity contribution is 5.94. The molecule has 1 aromatic rings. The highest BCUT2D eigenvalue weighted by atomic mass is 16.5. The van der Waals surface area contributed by atoms with Crippen molar-refractivity contribution >= 4 is 5.91 Å². The van der Waals surface area contributed by atoms with Crippen LogP contribution in [-0.4, -0.2) is 19.1 Å². The maximum atomic E-state index is 11.9. The second-order valence-electron chi connectivity index (χ2n) is 5.87. The first-order valence-electron chi connectivity index (χ1n) is 8.14. The first-order valence-corrected chi connectivity index (χ1v) is 8.14. The van der Waals surface area contributed by atoms with E-state index in [9.17, 15) is 4.79 Å². The Hall–Kier alpha value is -1.51. The smallest absolute Gasteiger partial charge is 0.251 e. The van der Waals surface area contributed by atoms with Crippen LogP contribution in [0.1, 0.15) is 63.2 Å². The normalized spacial score (nSPS) is 10.7. The molecule has 0 unspecified atom stereocenters. The summed E-state index contributed by atoms with van der Waals surface area (Å²) in [5, 5.41) is 2.94. The minimum Gasteiger partial charge on any atom is -0.494 e. The fourth-order valence-electron chi connectivity index (χ4n) is 2.00. The van der Waals surface area contributed by atoms with Crippen LogP contribution in [-0.2, 0) is 0 Å². The summed E-state index contributed by atoms with van der Waals surface area (Å²) in [5.41, 5.74) is 0.692. The molecule has 1 amide bonds. The molecule has 3 nitrogen and oxygen atoms in total. The number of hydrogen-bond acceptors (Lipinski definition) is 2. The fraction of sp³-hybridized carbons (Fsp3) is 0.611. The van der Waals surface area contributed by atoms with Crippen LogP contribution in [0.3, 0.4) is 0 Å². The first-order chi connectivity index (χ1) is 10.1. The highest BCUT2D eigenvalue weighted by Crippen LogP contribution is 2.13. The van der Waals surface area contributed by atoms with Crippen molar-refractivity contribution in [2.24, 2.45) is 5.92 Å². The lowest BCUT2D eigenvalue weighted by Gasteiger charge is -2.09. The minimum atomic E-state index is -0.00912. The number of carbonyl (C=O) groups excluding carboxylic acids is 1. The molecule has 1 rings (SSSR count). The van der Waals surface area contributed by atoms with E-state index in [1.54, 1.807) is 0 Å². The fourth-order valence-corrected chi connectivity index (χ4v) is 2.00. The van der Waals surface area contributed by atoms with Gasteiger partial charge in [0.05, 0.1) is 6.61 Å². The molecule has 0 fully saturated rings. The lowest BCUT2D eigenvalue weighted by Crippen LogP contribution is -2.25. The van der Waals surface area contributed by atoms with E-state index in [-0.39, 0.29) is 5.91 Å². The van der Waals surface area contributed by atoms with Crippen molar-refractivity contribution in [1.29, 1.82) is 0 Å². The molecule has 118 valence electrons. The van der Waals surface area contributed by atoms with Gasteiger partial charge in [-0.2, -0.15) is 0 Å². The number of carbonyl (C=O) groups is 1. The molecule has 0 aromatic heterocycles. The van der Waals surface area contributed by atoms with E-state index in [1.165, 1.54) is 19.3 Å². The van der Waals surface area contributed by atoms with E-state index in [0.717, 1.165) is 31.7 Å². The summed E-state index contributed by atoms with van der Waals surface area (Å²) < 4.78 is 5.67. The van der Waals surface area contributed by atoms with Crippen LogP contribution in [0, 0.1) is 5.92 Å². The van der Waals surface area contributed by atoms with Gasteiger partial charge in [0.2, 0.25) is 0 Å². The average Bonchev–Trinajstić information content (AvgIpc) is 2.47. The molecule has 1 N–H and O–H groups in total. The van der Waals surface area contributed by atoms with Crippen LogP contribution in [0.2, 0.25) is 0 Å². The van der Waals surface area contributed by atoms with Gasteiger partial charge in [0.15, 0.2) is 0 Å². The Balaban J connectivity index is 2.30. The molecule has 0 heterocycles. The largest absolute Gasteiger partial charge is 0.494 e. The molecule has 0 spiro atoms. The minimum absolute atomic E-state index is 0.00912. The molecule has 0 atom stereocenters. The molecule has 21 heavy (non-hydrogen) atoms. The van der Waals surface area contributed by atoms with Crippen molar-refractivity contribution in [3.8, 4) is 5.75 Å². The van der Waals surface area contributed by atoms with Crippen molar-refractivity contribution in [1.82, 2.24) is 5.32 Å². The highest BCUT2D eigenvalue weighted by Gasteiger charge is 2.05. The summed E-state index contributed by atoms with van der Waals surface area (Å²) in [6.07, 6.45) is 5.81. The predicted octanol–water partition coefficient (Wildman–Crippen LogP) is 4.42. The van der Waals surface area contributed by atoms with Crippen LogP contribution < -0.4 is 10.1 Å². The number of nitrogens with one attached hydrogen (secondary N) is 1. The van der Waals surface area contributed by atoms with E-state index in [0.29, 0.717) is 11.5 Å². The number of ether oxygens (including phenoxy) is 1. The van der Waals surface area contributed by atoms with E-state index < -0.39 is 0 Å². The summed E-state index contributed by atoms with van der Waals surface area (Å²) in [7, 11) is 0. The van der Waals surface area contributed by atoms with Gasteiger partial charge in [-0.15, -0.1) is 0 Å². The molecular formula is C18H29NO2. The van der Waals surface area contributed by atoms with Gasteiger partial charge in [0.25, 0.3) is 5.91 Å². The van der Waals surface area contributed by atoms with Crippen LogP contribution in [0.15, 0.2) is 24.3 Å². The van der Waals surface area contributed by atoms with E-state index >= 15 is 0 Å². The second-order valence-corrected chi connectivity index (χ2v) is 5.87. The van der Waals surface area contributed by atoms with Gasteiger partial charge < -0.3 is 10.1 Å². The van der Waals surface area contributed by atoms with Gasteiger partial charge in [0.1, 0.15) is 5.75 Å². The Morgan fingerprint density at radius 2 is 1.86 bits per heavy atom. The van der Waals surface area contributed by atoms with Crippen molar-refractivity contribution in [3.63, 3.8) is 0 Å². The number of amides is 1. The van der Waals surface area contributed by atoms with Crippen LogP contribution in [0.5, 0.6) is 5.75 Å². The third-order valence-corrected chi connectivity index (χ3v) is 3.39. The van der Waals surface area contributed by atoms with Gasteiger partial charge in [-0.05, 0) is 43.0 Å². The standard InChI is InChI=1S/C18H29NO2/c1-4-5-6-7-14-21-17-10-8-16(9-11-17)18(20)19-13-12-15(2)3/h8-11,15H,4-7,12-14H2,1-3H3,(H,19,20). The zero-order valence-corrected chi connectivity index (χ0v) is 13.7. The van der Waals surface area contributed by atoms with Gasteiger partial charge in [-0.25, -0.2) is 0 Å². The summed E-state index contributed by atoms with van der Waals surface area (Å²) in [5.74, 6) is 1.43. The van der Waals surface area contributed by atoms with E-state index in [2.05, 4.69) is 26.1 Å². The lowest BCUT2D eigenvalue weighted by molar-refractivity contribution is 0.0952. The van der Waals surface area contributed by atoms with Crippen LogP contribution in [0.25, 0.3) is 0 Å². The van der Waals surface area contributed by atoms with Gasteiger partial charge in [-0.3, -0.25) is 4.79 Å². The molecule has 0 aliphatic rings. The van der Waals surface area contributed by atoms with E-state index in [1.807, 2.05) is 24.3 Å². The maximum Gasteiger partial charge on any atom is 0.251 e. The SMILES string of the molecule is CCCCCCOc1ccc(C(=O)NCCC(C)C)cc1. The Morgan fingerprint density at radius 3 is 2.48 bits per heavy atom. The maximum absolute atomic E-state index is 11.9. The Morgan fingerprint density at radius 1 is 1.14 bits per heavy atom. The Labute approximate surface area is 129 Å². The molecule has 0 saturated heterocycles. The number of benzene rings is 1. The van der Waals surface area contributed by atoms with Crippen molar-refractivity contribution in [2.75, 3.05) is 13.2 Å². The third-order valence-electron chi connectivity index (χ3n) is 3.39. The molecule has 0 aliphatic heterocycles. The van der Waals surface area contributed by atoms with Gasteiger partial charge in [0, 0.05) is 12.1 Å². The zero-order chi connectivity index (χ0) is 15.5. The average molecular weight is 291 g/mol. The summed E-state index contributed by atoms with van der Waals surface area (Å²) in [6.45, 7) is 7.98. The Bertz CT molecular complexity index is 398. The van der Waals surface area contributed by atoms with Crippen molar-refractivity contribution < 1.29 is 9.53 Å². The molecule has 0 saturated carbocycles. The summed E-state index contributed by atoms with van der Waals surface area (Å²) in [6, 6.07) is 7.40. The molecule has 1 aromatic carbocycles. The monoisotopic (exact) mass is 291 g/mol. The third kappa shape index (κ3) is 7.74. The first kappa shape index (κ1) is 17.5. The Kier molecular flexibility index (Phi) is 8.56. The number of hydrogen-bond donors (Lipinski definition) is 1. The lowest BCUT2D eigenvalue weighted by atomic mass is 10.1. The zero-order valence-electron chi connectivity index (χ0n) is 13.7. The van der Waals surface area contributed by atoms with E-state index in [4.69, 9.17) is 4.74 Å². The molecular weight excluding hydrogens is 262 g/mol. The second kappa shape index (κ2) is 10.3. The predicted molar refractivity (Wildman–Crippen MR) is 87.9 cm³/mol. The number of rotatable bonds is 10. The molecule has 0 aliphatic carbocycles. The topological polar surface area (TPSA) is 38.3 Å². The van der Waals surface area contributed by atoms with Crippen LogP contribution in [0.4, 0.5) is 0 Å². The van der Waals surface area contributed by atoms with Gasteiger partial charge >= 0.3 is 0 Å². The van der Waals surface area contributed by atoms with Crippen molar-refractivity contribution in [2.45, 2.75) is 52.9 Å². The van der Waals surface area contributed by atoms with Crippen molar-refractivity contribution in [3.05, 3.63) is 29.8 Å². The quantitative estimate of drug-likeness (QED) is 0.648.